The quantitative estimate of drug-likeness (QED) is 0.497. The standard InChI is InChI=1S/C26H36N4O6S/c1-14(2)27-24(32)17-12-26(33)19-11-16-7-8-18(31)22-20(16)25(26,9-10-30(19)13-15-5-6-15)23(36-22)21(17)28-37(34,35)29(3)4/h7-8,14-15,17,19,23,31,33H,5-6,9-13H2,1-4H3,(H,27,32)/t17?,19-,23+,25+,26-/m1/s1. The summed E-state index contributed by atoms with van der Waals surface area (Å²) in [7, 11) is -1.32. The number of nitrogens with zero attached hydrogens (tertiary/aromatic N) is 3. The first-order valence-electron chi connectivity index (χ1n) is 13.2. The van der Waals surface area contributed by atoms with Gasteiger partial charge in [0.15, 0.2) is 17.6 Å². The van der Waals surface area contributed by atoms with E-state index in [2.05, 4.69) is 14.6 Å². The third kappa shape index (κ3) is 3.50. The predicted molar refractivity (Wildman–Crippen MR) is 137 cm³/mol. The smallest absolute Gasteiger partial charge is 0.321 e. The summed E-state index contributed by atoms with van der Waals surface area (Å²) in [6.45, 7) is 5.29. The molecule has 3 N–H and O–H groups in total. The van der Waals surface area contributed by atoms with Crippen LogP contribution in [0.25, 0.3) is 0 Å². The van der Waals surface area contributed by atoms with E-state index in [0.717, 1.165) is 22.0 Å². The van der Waals surface area contributed by atoms with Gasteiger partial charge in [-0.25, -0.2) is 0 Å². The van der Waals surface area contributed by atoms with Crippen molar-refractivity contribution in [2.24, 2.45) is 16.2 Å². The number of phenols is 1. The summed E-state index contributed by atoms with van der Waals surface area (Å²) in [5.74, 6) is -0.540. The van der Waals surface area contributed by atoms with Gasteiger partial charge in [-0.1, -0.05) is 6.07 Å². The first-order chi connectivity index (χ1) is 17.4. The Morgan fingerprint density at radius 3 is 2.70 bits per heavy atom. The molecule has 202 valence electrons. The van der Waals surface area contributed by atoms with Crippen molar-refractivity contribution < 1.29 is 28.2 Å². The largest absolute Gasteiger partial charge is 0.504 e. The van der Waals surface area contributed by atoms with Crippen LogP contribution in [0.2, 0.25) is 0 Å². The molecule has 2 bridgehead atoms. The predicted octanol–water partition coefficient (Wildman–Crippen LogP) is 0.954. The lowest BCUT2D eigenvalue weighted by Crippen LogP contribution is -2.78. The zero-order valence-corrected chi connectivity index (χ0v) is 22.6. The number of carbonyl (C=O) groups excluding carboxylic acids is 1. The van der Waals surface area contributed by atoms with Crippen molar-refractivity contribution >= 4 is 21.8 Å². The van der Waals surface area contributed by atoms with Crippen molar-refractivity contribution in [2.45, 2.75) is 75.2 Å². The summed E-state index contributed by atoms with van der Waals surface area (Å²) in [4.78, 5) is 15.9. The lowest BCUT2D eigenvalue weighted by atomic mass is 9.47. The van der Waals surface area contributed by atoms with E-state index < -0.39 is 33.2 Å². The zero-order chi connectivity index (χ0) is 26.5. The van der Waals surface area contributed by atoms with E-state index in [-0.39, 0.29) is 41.6 Å². The fraction of sp³-hybridized carbons (Fsp3) is 0.692. The normalized spacial score (nSPS) is 35.5. The Labute approximate surface area is 217 Å². The molecule has 1 amide bonds. The van der Waals surface area contributed by atoms with Crippen molar-refractivity contribution in [1.82, 2.24) is 14.5 Å². The van der Waals surface area contributed by atoms with E-state index in [4.69, 9.17) is 4.74 Å². The number of likely N-dealkylation sites (tertiary alicyclic amines) is 1. The minimum atomic E-state index is -4.10. The number of hydrogen-bond acceptors (Lipinski definition) is 7. The SMILES string of the molecule is CC(C)NC(=O)C1C[C@@]2(O)[C@H]3Cc4ccc(O)c5c4[C@@]2(CCN3CC2CC2)[C@@H](O5)C1=NS(=O)(=O)N(C)C. The Balaban J connectivity index is 1.57. The summed E-state index contributed by atoms with van der Waals surface area (Å²) in [5.41, 5.74) is -0.537. The molecule has 0 radical (unpaired) electrons. The Hall–Kier alpha value is -2.21. The van der Waals surface area contributed by atoms with Crippen LogP contribution in [0, 0.1) is 11.8 Å². The molecule has 6 rings (SSSR count). The van der Waals surface area contributed by atoms with Gasteiger partial charge in [-0.15, -0.1) is 0 Å². The highest BCUT2D eigenvalue weighted by Crippen LogP contribution is 2.65. The van der Waals surface area contributed by atoms with Gasteiger partial charge < -0.3 is 20.3 Å². The maximum Gasteiger partial charge on any atom is 0.321 e. The van der Waals surface area contributed by atoms with E-state index in [0.29, 0.717) is 25.3 Å². The van der Waals surface area contributed by atoms with E-state index in [1.165, 1.54) is 26.9 Å². The fourth-order valence-electron chi connectivity index (χ4n) is 7.26. The number of ether oxygens (including phenoxy) is 1. The van der Waals surface area contributed by atoms with Crippen LogP contribution in [0.4, 0.5) is 0 Å². The summed E-state index contributed by atoms with van der Waals surface area (Å²) in [6, 6.07) is 3.06. The average molecular weight is 533 g/mol. The number of rotatable bonds is 6. The Morgan fingerprint density at radius 1 is 1.32 bits per heavy atom. The van der Waals surface area contributed by atoms with Crippen LogP contribution in [0.15, 0.2) is 16.5 Å². The molecule has 1 aromatic carbocycles. The highest BCUT2D eigenvalue weighted by Gasteiger charge is 2.74. The first-order valence-corrected chi connectivity index (χ1v) is 14.6. The topological polar surface area (TPSA) is 132 Å². The minimum Gasteiger partial charge on any atom is -0.504 e. The van der Waals surface area contributed by atoms with Gasteiger partial charge in [0.25, 0.3) is 0 Å². The second-order valence-corrected chi connectivity index (χ2v) is 13.8. The van der Waals surface area contributed by atoms with E-state index in [1.54, 1.807) is 6.07 Å². The molecular formula is C26H36N4O6S. The van der Waals surface area contributed by atoms with Crippen molar-refractivity contribution in [1.29, 1.82) is 0 Å². The number of aromatic hydroxyl groups is 1. The second kappa shape index (κ2) is 8.14. The highest BCUT2D eigenvalue weighted by atomic mass is 32.2. The van der Waals surface area contributed by atoms with E-state index >= 15 is 0 Å². The number of nitrogens with one attached hydrogen (secondary N) is 1. The maximum atomic E-state index is 13.6. The Morgan fingerprint density at radius 2 is 2.05 bits per heavy atom. The molecule has 5 aliphatic rings. The lowest BCUT2D eigenvalue weighted by molar-refractivity contribution is -0.176. The molecule has 1 unspecified atom stereocenters. The number of phenolic OH excluding ortho intramolecular Hbond substituents is 1. The molecular weight excluding hydrogens is 496 g/mol. The molecule has 2 heterocycles. The van der Waals surface area contributed by atoms with E-state index in [9.17, 15) is 23.4 Å². The molecule has 2 aliphatic heterocycles. The average Bonchev–Trinajstić information content (AvgIpc) is 3.55. The van der Waals surface area contributed by atoms with Crippen LogP contribution in [-0.4, -0.2) is 90.4 Å². The number of piperidine rings is 1. The van der Waals surface area contributed by atoms with Crippen LogP contribution in [0.1, 0.15) is 50.7 Å². The molecule has 37 heavy (non-hydrogen) atoms. The molecule has 1 spiro atoms. The Kier molecular flexibility index (Phi) is 5.52. The van der Waals surface area contributed by atoms with Crippen molar-refractivity contribution in [2.75, 3.05) is 27.2 Å². The molecule has 5 atom stereocenters. The van der Waals surface area contributed by atoms with Gasteiger partial charge in [-0.3, -0.25) is 9.69 Å². The van der Waals surface area contributed by atoms with Crippen LogP contribution in [0.5, 0.6) is 11.5 Å². The van der Waals surface area contributed by atoms with Crippen LogP contribution in [-0.2, 0) is 26.8 Å². The van der Waals surface area contributed by atoms with Gasteiger partial charge in [0.1, 0.15) is 0 Å². The summed E-state index contributed by atoms with van der Waals surface area (Å²) in [6.07, 6.45) is 2.51. The number of hydrogen-bond donors (Lipinski definition) is 3. The number of carbonyl (C=O) groups is 1. The number of amides is 1. The summed E-state index contributed by atoms with van der Waals surface area (Å²) in [5, 5.41) is 26.5. The van der Waals surface area contributed by atoms with E-state index in [1.807, 2.05) is 19.9 Å². The van der Waals surface area contributed by atoms with Gasteiger partial charge in [-0.2, -0.15) is 17.1 Å². The van der Waals surface area contributed by atoms with Gasteiger partial charge >= 0.3 is 10.2 Å². The minimum absolute atomic E-state index is 0.0353. The van der Waals surface area contributed by atoms with Crippen molar-refractivity contribution in [3.8, 4) is 11.5 Å². The zero-order valence-electron chi connectivity index (χ0n) is 21.8. The summed E-state index contributed by atoms with van der Waals surface area (Å²) >= 11 is 0. The number of benzene rings is 1. The summed E-state index contributed by atoms with van der Waals surface area (Å²) < 4.78 is 37.7. The molecule has 0 aromatic heterocycles. The van der Waals surface area contributed by atoms with Gasteiger partial charge in [0.05, 0.1) is 22.6 Å². The van der Waals surface area contributed by atoms with Crippen LogP contribution < -0.4 is 10.1 Å². The van der Waals surface area contributed by atoms with Crippen molar-refractivity contribution in [3.63, 3.8) is 0 Å². The van der Waals surface area contributed by atoms with Gasteiger partial charge in [0.2, 0.25) is 5.91 Å². The molecule has 2 saturated carbocycles. The van der Waals surface area contributed by atoms with Crippen LogP contribution in [0.3, 0.4) is 0 Å². The van der Waals surface area contributed by atoms with Crippen LogP contribution >= 0.6 is 0 Å². The molecule has 3 aliphatic carbocycles. The number of aliphatic hydroxyl groups is 1. The highest BCUT2D eigenvalue weighted by molar-refractivity contribution is 7.87. The first kappa shape index (κ1) is 25.1. The maximum absolute atomic E-state index is 13.6. The van der Waals surface area contributed by atoms with Gasteiger partial charge in [0, 0.05) is 38.3 Å². The molecule has 3 fully saturated rings. The Bertz CT molecular complexity index is 1290. The van der Waals surface area contributed by atoms with Gasteiger partial charge in [-0.05, 0) is 70.0 Å². The second-order valence-electron chi connectivity index (χ2n) is 11.9. The third-order valence-electron chi connectivity index (χ3n) is 9.08. The molecule has 1 aromatic rings. The van der Waals surface area contributed by atoms with Crippen molar-refractivity contribution in [3.05, 3.63) is 23.3 Å². The molecule has 1 saturated heterocycles. The lowest BCUT2D eigenvalue weighted by Gasteiger charge is -2.64. The monoisotopic (exact) mass is 532 g/mol. The fourth-order valence-corrected chi connectivity index (χ4v) is 7.91. The molecule has 10 nitrogen and oxygen atoms in total. The molecule has 11 heteroatoms. The third-order valence-corrected chi connectivity index (χ3v) is 10.4.